The van der Waals surface area contributed by atoms with Crippen LogP contribution >= 0.6 is 0 Å². The number of carbonyl (C=O) groups is 1. The Kier molecular flexibility index (Phi) is 24.5. The summed E-state index contributed by atoms with van der Waals surface area (Å²) in [6, 6.07) is 0. The second-order valence-corrected chi connectivity index (χ2v) is 0.283. The quantitative estimate of drug-likeness (QED) is 0.401. The molecule has 0 bridgehead atoms. The normalized spacial score (nSPS) is 4.00. The van der Waals surface area contributed by atoms with Crippen LogP contribution in [0.4, 0.5) is 4.79 Å². The molecule has 0 spiro atoms. The molecule has 5 heteroatoms. The van der Waals surface area contributed by atoms with Gasteiger partial charge in [0, 0.05) is 51.4 Å². The van der Waals surface area contributed by atoms with E-state index < -0.39 is 6.16 Å². The maximum atomic E-state index is 8.56. The van der Waals surface area contributed by atoms with Crippen LogP contribution in [0.15, 0.2) is 0 Å². The predicted molar refractivity (Wildman–Crippen MR) is 20.0 cm³/mol. The van der Waals surface area contributed by atoms with Crippen molar-refractivity contribution in [2.24, 2.45) is 0 Å². The van der Waals surface area contributed by atoms with Gasteiger partial charge in [0.2, 0.25) is 0 Å². The smallest absolute Gasteiger partial charge is 0.450 e. The summed E-state index contributed by atoms with van der Waals surface area (Å²) in [7, 11) is 0. The van der Waals surface area contributed by atoms with Crippen LogP contribution in [0, 0.1) is 0 Å². The molecule has 0 saturated heterocycles. The fraction of sp³-hybridized carbons (Fsp3) is 0. The van der Waals surface area contributed by atoms with Crippen LogP contribution in [0.1, 0.15) is 0 Å². The number of hydrogen-bond acceptors (Lipinski definition) is 1. The zero-order chi connectivity index (χ0) is 3.58. The van der Waals surface area contributed by atoms with Gasteiger partial charge >= 0.3 is 6.16 Å². The summed E-state index contributed by atoms with van der Waals surface area (Å²) in [6.07, 6.45) is -1.83. The first-order chi connectivity index (χ1) is 1.73. The van der Waals surface area contributed by atoms with Gasteiger partial charge in [-0.1, -0.05) is 0 Å². The molecule has 33 valence electrons. The molecule has 0 fully saturated rings. The van der Waals surface area contributed by atoms with Gasteiger partial charge in [-0.2, -0.15) is 0 Å². The summed E-state index contributed by atoms with van der Waals surface area (Å²) in [5.74, 6) is 0. The molecule has 0 aromatic rings. The monoisotopic (exact) mass is 119 g/mol. The standard InChI is InChI=1S/CH2O3.K.H2O/c2-1(3)4;;/h(H2,2,3,4);;1H2. The van der Waals surface area contributed by atoms with E-state index in [0.717, 1.165) is 0 Å². The van der Waals surface area contributed by atoms with Crippen molar-refractivity contribution in [1.29, 1.82) is 0 Å². The van der Waals surface area contributed by atoms with Gasteiger partial charge in [-0.05, 0) is 0 Å². The van der Waals surface area contributed by atoms with Crippen LogP contribution in [0.3, 0.4) is 0 Å². The molecule has 0 aromatic heterocycles. The van der Waals surface area contributed by atoms with Crippen LogP contribution < -0.4 is 0 Å². The van der Waals surface area contributed by atoms with Crippen molar-refractivity contribution in [3.8, 4) is 0 Å². The Morgan fingerprint density at radius 1 is 1.33 bits per heavy atom. The molecular weight excluding hydrogens is 115 g/mol. The van der Waals surface area contributed by atoms with E-state index in [9.17, 15) is 0 Å². The maximum absolute atomic E-state index is 8.56. The van der Waals surface area contributed by atoms with E-state index in [-0.39, 0.29) is 56.9 Å². The van der Waals surface area contributed by atoms with Gasteiger partial charge in [-0.25, -0.2) is 4.79 Å². The van der Waals surface area contributed by atoms with Gasteiger partial charge in [-0.15, -0.1) is 0 Å². The Balaban J connectivity index is -0.0000000450. The molecule has 0 heterocycles. The van der Waals surface area contributed by atoms with Crippen molar-refractivity contribution in [1.82, 2.24) is 0 Å². The van der Waals surface area contributed by atoms with E-state index >= 15 is 0 Å². The number of rotatable bonds is 0. The van der Waals surface area contributed by atoms with Crippen LogP contribution in [0.5, 0.6) is 0 Å². The van der Waals surface area contributed by atoms with Gasteiger partial charge < -0.3 is 15.7 Å². The van der Waals surface area contributed by atoms with Crippen molar-refractivity contribution in [3.05, 3.63) is 0 Å². The summed E-state index contributed by atoms with van der Waals surface area (Å²) in [5, 5.41) is 13.9. The van der Waals surface area contributed by atoms with Gasteiger partial charge in [-0.3, -0.25) is 0 Å². The third-order valence-electron chi connectivity index (χ3n) is 0. The Morgan fingerprint density at radius 2 is 1.33 bits per heavy atom. The molecule has 0 aliphatic heterocycles. The zero-order valence-electron chi connectivity index (χ0n) is 3.30. The molecule has 0 unspecified atom stereocenters. The van der Waals surface area contributed by atoms with Crippen molar-refractivity contribution >= 4 is 57.5 Å². The molecule has 1 radical (unpaired) electrons. The summed E-state index contributed by atoms with van der Waals surface area (Å²) >= 11 is 0. The van der Waals surface area contributed by atoms with E-state index in [1.807, 2.05) is 0 Å². The first-order valence-corrected chi connectivity index (χ1v) is 0.651. The van der Waals surface area contributed by atoms with E-state index in [1.54, 1.807) is 0 Å². The van der Waals surface area contributed by atoms with Gasteiger partial charge in [0.05, 0.1) is 0 Å². The zero-order valence-corrected chi connectivity index (χ0v) is 6.43. The molecule has 0 amide bonds. The molecule has 4 nitrogen and oxygen atoms in total. The summed E-state index contributed by atoms with van der Waals surface area (Å²) in [4.78, 5) is 8.56. The minimum atomic E-state index is -1.83. The Hall–Kier alpha value is 0.866. The summed E-state index contributed by atoms with van der Waals surface area (Å²) in [6.45, 7) is 0. The van der Waals surface area contributed by atoms with E-state index in [4.69, 9.17) is 15.0 Å². The van der Waals surface area contributed by atoms with E-state index in [0.29, 0.717) is 0 Å². The molecule has 6 heavy (non-hydrogen) atoms. The summed E-state index contributed by atoms with van der Waals surface area (Å²) in [5.41, 5.74) is 0. The minimum Gasteiger partial charge on any atom is -0.450 e. The summed E-state index contributed by atoms with van der Waals surface area (Å²) < 4.78 is 0. The van der Waals surface area contributed by atoms with Crippen molar-refractivity contribution in [3.63, 3.8) is 0 Å². The minimum absolute atomic E-state index is 0. The van der Waals surface area contributed by atoms with Crippen LogP contribution in [0.25, 0.3) is 0 Å². The van der Waals surface area contributed by atoms with Crippen LogP contribution in [-0.4, -0.2) is 73.2 Å². The van der Waals surface area contributed by atoms with Crippen molar-refractivity contribution in [2.75, 3.05) is 0 Å². The Bertz CT molecular complexity index is 30.5. The first kappa shape index (κ1) is 15.8. The van der Waals surface area contributed by atoms with E-state index in [2.05, 4.69) is 0 Å². The van der Waals surface area contributed by atoms with Crippen molar-refractivity contribution < 1.29 is 20.5 Å². The van der Waals surface area contributed by atoms with Gasteiger partial charge in [0.15, 0.2) is 0 Å². The molecule has 0 aliphatic rings. The van der Waals surface area contributed by atoms with Crippen LogP contribution in [0.2, 0.25) is 0 Å². The third kappa shape index (κ3) is 96.9. The average molecular weight is 119 g/mol. The number of hydrogen-bond donors (Lipinski definition) is 2. The molecule has 0 saturated carbocycles. The molecule has 0 aromatic carbocycles. The van der Waals surface area contributed by atoms with Gasteiger partial charge in [0.25, 0.3) is 0 Å². The molecule has 0 rings (SSSR count). The Labute approximate surface area is 76.9 Å². The van der Waals surface area contributed by atoms with E-state index in [1.165, 1.54) is 0 Å². The fourth-order valence-corrected chi connectivity index (χ4v) is 0. The average Bonchev–Trinajstić information content (AvgIpc) is 0.811. The second-order valence-electron chi connectivity index (χ2n) is 0.283. The largest absolute Gasteiger partial charge is 0.503 e. The second kappa shape index (κ2) is 9.29. The molecule has 0 aliphatic carbocycles. The first-order valence-electron chi connectivity index (χ1n) is 0.651. The van der Waals surface area contributed by atoms with Crippen LogP contribution in [-0.2, 0) is 0 Å². The van der Waals surface area contributed by atoms with Gasteiger partial charge in [0.1, 0.15) is 0 Å². The Morgan fingerprint density at radius 3 is 1.33 bits per heavy atom. The molecular formula is CH4KO4. The molecule has 0 atom stereocenters. The third-order valence-corrected chi connectivity index (χ3v) is 0. The number of carboxylic acid groups (broad SMARTS) is 2. The maximum Gasteiger partial charge on any atom is 0.503 e. The fourth-order valence-electron chi connectivity index (χ4n) is 0. The van der Waals surface area contributed by atoms with Crippen molar-refractivity contribution in [2.45, 2.75) is 0 Å². The topological polar surface area (TPSA) is 89.0 Å². The SMILES string of the molecule is O.O=C(O)O.[K]. The predicted octanol–water partition coefficient (Wildman–Crippen LogP) is -0.983. The molecule has 4 N–H and O–H groups in total.